The van der Waals surface area contributed by atoms with E-state index >= 15 is 0 Å². The van der Waals surface area contributed by atoms with E-state index in [1.54, 1.807) is 6.07 Å². The van der Waals surface area contributed by atoms with Crippen molar-refractivity contribution < 1.29 is 4.39 Å². The molecule has 0 radical (unpaired) electrons. The van der Waals surface area contributed by atoms with Crippen LogP contribution in [0.15, 0.2) is 12.1 Å². The summed E-state index contributed by atoms with van der Waals surface area (Å²) in [5, 5.41) is 0.113. The first-order valence-corrected chi connectivity index (χ1v) is 7.84. The second kappa shape index (κ2) is 6.77. The summed E-state index contributed by atoms with van der Waals surface area (Å²) in [6, 6.07) is 3.06. The highest BCUT2D eigenvalue weighted by molar-refractivity contribution is 6.31. The molecule has 0 unspecified atom stereocenters. The molecule has 2 aromatic rings. The number of fused-ring (bicyclic) bond motifs is 1. The molecule has 0 spiro atoms. The number of hydrogen-bond acceptors (Lipinski definition) is 1. The van der Waals surface area contributed by atoms with Crippen LogP contribution in [0.3, 0.4) is 0 Å². The molecular formula is C15H19Cl2FN2. The van der Waals surface area contributed by atoms with E-state index in [9.17, 15) is 4.39 Å². The zero-order chi connectivity index (χ0) is 14.7. The molecule has 1 heterocycles. The van der Waals surface area contributed by atoms with Crippen LogP contribution in [-0.2, 0) is 13.0 Å². The van der Waals surface area contributed by atoms with Gasteiger partial charge in [-0.25, -0.2) is 9.37 Å². The lowest BCUT2D eigenvalue weighted by molar-refractivity contribution is 0.509. The average Bonchev–Trinajstić information content (AvgIpc) is 2.68. The maximum Gasteiger partial charge on any atom is 0.144 e. The molecule has 0 atom stereocenters. The SMILES string of the molecule is CC(C)CCCn1c(CCCl)nc2cc(Cl)c(F)cc21. The van der Waals surface area contributed by atoms with E-state index < -0.39 is 5.82 Å². The second-order valence-electron chi connectivity index (χ2n) is 5.41. The zero-order valence-electron chi connectivity index (χ0n) is 11.8. The molecule has 0 aliphatic carbocycles. The molecule has 0 saturated heterocycles. The van der Waals surface area contributed by atoms with Gasteiger partial charge in [-0.15, -0.1) is 11.6 Å². The van der Waals surface area contributed by atoms with Crippen LogP contribution in [-0.4, -0.2) is 15.4 Å². The number of alkyl halides is 1. The van der Waals surface area contributed by atoms with Crippen LogP contribution in [0.1, 0.15) is 32.5 Å². The number of nitrogens with zero attached hydrogens (tertiary/aromatic N) is 2. The molecule has 1 aromatic heterocycles. The fourth-order valence-electron chi connectivity index (χ4n) is 2.35. The number of hydrogen-bond donors (Lipinski definition) is 0. The van der Waals surface area contributed by atoms with Gasteiger partial charge in [0.1, 0.15) is 11.6 Å². The first kappa shape index (κ1) is 15.6. The summed E-state index contributed by atoms with van der Waals surface area (Å²) in [6.07, 6.45) is 2.86. The van der Waals surface area contributed by atoms with Crippen molar-refractivity contribution in [2.45, 2.75) is 39.7 Å². The van der Waals surface area contributed by atoms with Crippen LogP contribution in [0.2, 0.25) is 5.02 Å². The van der Waals surface area contributed by atoms with Gasteiger partial charge in [0.25, 0.3) is 0 Å². The van der Waals surface area contributed by atoms with Crippen LogP contribution in [0.5, 0.6) is 0 Å². The molecule has 110 valence electrons. The highest BCUT2D eigenvalue weighted by Crippen LogP contribution is 2.25. The average molecular weight is 317 g/mol. The Balaban J connectivity index is 2.37. The summed E-state index contributed by atoms with van der Waals surface area (Å²) >= 11 is 11.7. The summed E-state index contributed by atoms with van der Waals surface area (Å²) in [7, 11) is 0. The molecule has 0 aliphatic heterocycles. The predicted octanol–water partition coefficient (Wildman–Crippen LogP) is 5.05. The van der Waals surface area contributed by atoms with Gasteiger partial charge in [0.05, 0.1) is 16.1 Å². The van der Waals surface area contributed by atoms with Crippen LogP contribution < -0.4 is 0 Å². The lowest BCUT2D eigenvalue weighted by Gasteiger charge is -2.10. The summed E-state index contributed by atoms with van der Waals surface area (Å²) in [5.74, 6) is 1.67. The van der Waals surface area contributed by atoms with Gasteiger partial charge in [-0.05, 0) is 24.8 Å². The van der Waals surface area contributed by atoms with E-state index in [-0.39, 0.29) is 5.02 Å². The van der Waals surface area contributed by atoms with E-state index in [1.807, 2.05) is 0 Å². The summed E-state index contributed by atoms with van der Waals surface area (Å²) < 4.78 is 15.7. The Kier molecular flexibility index (Phi) is 5.28. The van der Waals surface area contributed by atoms with Crippen LogP contribution in [0, 0.1) is 11.7 Å². The minimum atomic E-state index is -0.401. The van der Waals surface area contributed by atoms with Crippen molar-refractivity contribution in [3.63, 3.8) is 0 Å². The van der Waals surface area contributed by atoms with Gasteiger partial charge in [-0.2, -0.15) is 0 Å². The quantitative estimate of drug-likeness (QED) is 0.682. The third kappa shape index (κ3) is 3.44. The summed E-state index contributed by atoms with van der Waals surface area (Å²) in [4.78, 5) is 4.53. The molecule has 0 aliphatic rings. The first-order valence-electron chi connectivity index (χ1n) is 6.93. The Morgan fingerprint density at radius 3 is 2.75 bits per heavy atom. The van der Waals surface area contributed by atoms with Crippen molar-refractivity contribution in [2.75, 3.05) is 5.88 Å². The third-order valence-corrected chi connectivity index (χ3v) is 3.83. The second-order valence-corrected chi connectivity index (χ2v) is 6.19. The van der Waals surface area contributed by atoms with Crippen molar-refractivity contribution >= 4 is 34.2 Å². The molecule has 20 heavy (non-hydrogen) atoms. The van der Waals surface area contributed by atoms with Crippen LogP contribution in [0.4, 0.5) is 4.39 Å². The van der Waals surface area contributed by atoms with E-state index in [1.165, 1.54) is 6.07 Å². The molecule has 0 amide bonds. The number of imidazole rings is 1. The standard InChI is InChI=1S/C15H19Cl2FN2/c1-10(2)4-3-7-20-14-9-12(18)11(17)8-13(14)19-15(20)5-6-16/h8-10H,3-7H2,1-2H3. The van der Waals surface area contributed by atoms with Crippen molar-refractivity contribution in [3.8, 4) is 0 Å². The first-order chi connectivity index (χ1) is 9.52. The van der Waals surface area contributed by atoms with Crippen LogP contribution in [0.25, 0.3) is 11.0 Å². The van der Waals surface area contributed by atoms with Gasteiger partial charge >= 0.3 is 0 Å². The smallest absolute Gasteiger partial charge is 0.144 e. The van der Waals surface area contributed by atoms with Crippen molar-refractivity contribution in [2.24, 2.45) is 5.92 Å². The number of aryl methyl sites for hydroxylation is 2. The van der Waals surface area contributed by atoms with E-state index in [0.717, 1.165) is 36.2 Å². The maximum absolute atomic E-state index is 13.7. The van der Waals surface area contributed by atoms with E-state index in [4.69, 9.17) is 23.2 Å². The van der Waals surface area contributed by atoms with Gasteiger partial charge in [0, 0.05) is 24.9 Å². The molecule has 0 saturated carbocycles. The molecule has 2 rings (SSSR count). The lowest BCUT2D eigenvalue weighted by Crippen LogP contribution is -2.06. The molecule has 0 N–H and O–H groups in total. The molecule has 0 fully saturated rings. The van der Waals surface area contributed by atoms with Crippen molar-refractivity contribution in [1.29, 1.82) is 0 Å². The fraction of sp³-hybridized carbons (Fsp3) is 0.533. The van der Waals surface area contributed by atoms with Gasteiger partial charge in [0.15, 0.2) is 0 Å². The molecule has 1 aromatic carbocycles. The number of benzene rings is 1. The monoisotopic (exact) mass is 316 g/mol. The molecule has 5 heteroatoms. The largest absolute Gasteiger partial charge is 0.328 e. The third-order valence-electron chi connectivity index (χ3n) is 3.35. The lowest BCUT2D eigenvalue weighted by atomic mass is 10.1. The normalized spacial score (nSPS) is 11.7. The van der Waals surface area contributed by atoms with Gasteiger partial charge in [0.2, 0.25) is 0 Å². The predicted molar refractivity (Wildman–Crippen MR) is 83.2 cm³/mol. The van der Waals surface area contributed by atoms with E-state index in [0.29, 0.717) is 18.2 Å². The summed E-state index contributed by atoms with van der Waals surface area (Å²) in [6.45, 7) is 5.23. The Hall–Kier alpha value is -0.800. The minimum absolute atomic E-state index is 0.113. The highest BCUT2D eigenvalue weighted by atomic mass is 35.5. The molecular weight excluding hydrogens is 298 g/mol. The van der Waals surface area contributed by atoms with Crippen molar-refractivity contribution in [1.82, 2.24) is 9.55 Å². The van der Waals surface area contributed by atoms with Gasteiger partial charge < -0.3 is 4.57 Å². The number of rotatable bonds is 6. The Morgan fingerprint density at radius 1 is 1.35 bits per heavy atom. The zero-order valence-corrected chi connectivity index (χ0v) is 13.3. The van der Waals surface area contributed by atoms with Crippen molar-refractivity contribution in [3.05, 3.63) is 28.8 Å². The van der Waals surface area contributed by atoms with E-state index in [2.05, 4.69) is 23.4 Å². The van der Waals surface area contributed by atoms with Crippen LogP contribution >= 0.6 is 23.2 Å². The maximum atomic E-state index is 13.7. The minimum Gasteiger partial charge on any atom is -0.328 e. The Bertz CT molecular complexity index is 593. The fourth-order valence-corrected chi connectivity index (χ4v) is 2.68. The van der Waals surface area contributed by atoms with Gasteiger partial charge in [-0.1, -0.05) is 25.4 Å². The summed E-state index contributed by atoms with van der Waals surface area (Å²) in [5.41, 5.74) is 1.54. The topological polar surface area (TPSA) is 17.8 Å². The Labute approximate surface area is 128 Å². The highest BCUT2D eigenvalue weighted by Gasteiger charge is 2.13. The Morgan fingerprint density at radius 2 is 2.10 bits per heavy atom. The number of aromatic nitrogens is 2. The molecule has 2 nitrogen and oxygen atoms in total. The molecule has 0 bridgehead atoms. The van der Waals surface area contributed by atoms with Gasteiger partial charge in [-0.3, -0.25) is 0 Å². The number of halogens is 3.